The Labute approximate surface area is 241 Å². The van der Waals surface area contributed by atoms with Gasteiger partial charge in [0.1, 0.15) is 6.54 Å². The summed E-state index contributed by atoms with van der Waals surface area (Å²) in [7, 11) is 1.34. The van der Waals surface area contributed by atoms with E-state index in [-0.39, 0.29) is 18.4 Å². The highest BCUT2D eigenvalue weighted by Gasteiger charge is 2.29. The van der Waals surface area contributed by atoms with Gasteiger partial charge in [-0.3, -0.25) is 9.59 Å². The minimum Gasteiger partial charge on any atom is -0.465 e. The van der Waals surface area contributed by atoms with Crippen LogP contribution < -0.4 is 10.6 Å². The highest BCUT2D eigenvalue weighted by atomic mass is 16.5. The summed E-state index contributed by atoms with van der Waals surface area (Å²) in [6, 6.07) is 14.1. The number of carbonyl (C=O) groups is 3. The molecule has 0 aliphatic carbocycles. The third-order valence-electron chi connectivity index (χ3n) is 6.89. The fourth-order valence-corrected chi connectivity index (χ4v) is 4.55. The lowest BCUT2D eigenvalue weighted by atomic mass is 10.0. The summed E-state index contributed by atoms with van der Waals surface area (Å²) in [5, 5.41) is 6.24. The predicted molar refractivity (Wildman–Crippen MR) is 163 cm³/mol. The molecule has 40 heavy (non-hydrogen) atoms. The number of unbranched alkanes of at least 4 members (excludes halogenated alkanes) is 9. The van der Waals surface area contributed by atoms with Gasteiger partial charge in [-0.25, -0.2) is 4.79 Å². The lowest BCUT2D eigenvalue weighted by Gasteiger charge is -2.35. The number of carbonyl (C=O) groups excluding carboxylic acids is 3. The van der Waals surface area contributed by atoms with E-state index in [0.717, 1.165) is 12.8 Å². The molecule has 2 aromatic carbocycles. The quantitative estimate of drug-likeness (QED) is 0.157. The van der Waals surface area contributed by atoms with E-state index >= 15 is 0 Å². The monoisotopic (exact) mass is 551 g/mol. The maximum atomic E-state index is 13.5. The molecular formula is C33H49N3O4. The van der Waals surface area contributed by atoms with E-state index in [0.29, 0.717) is 29.0 Å². The summed E-state index contributed by atoms with van der Waals surface area (Å²) in [6.07, 6.45) is 12.5. The number of benzene rings is 2. The van der Waals surface area contributed by atoms with Crippen LogP contribution in [0, 0.1) is 0 Å². The molecule has 0 radical (unpaired) electrons. The van der Waals surface area contributed by atoms with Crippen LogP contribution in [0.1, 0.15) is 113 Å². The SMILES string of the molecule is CCCCCCCCCCCCNC(=O)CN(C(=O)c1cccc(Nc2cccc(C(=O)OC)c2)c1)C(C)(C)C. The lowest BCUT2D eigenvalue weighted by molar-refractivity contribution is -0.122. The third-order valence-corrected chi connectivity index (χ3v) is 6.89. The number of amides is 2. The second kappa shape index (κ2) is 17.4. The van der Waals surface area contributed by atoms with E-state index in [1.165, 1.54) is 58.5 Å². The van der Waals surface area contributed by atoms with Crippen molar-refractivity contribution >= 4 is 29.2 Å². The number of nitrogens with zero attached hydrogens (tertiary/aromatic N) is 1. The second-order valence-corrected chi connectivity index (χ2v) is 11.4. The van der Waals surface area contributed by atoms with Crippen molar-refractivity contribution in [3.05, 3.63) is 59.7 Å². The molecule has 0 atom stereocenters. The fraction of sp³-hybridized carbons (Fsp3) is 0.545. The van der Waals surface area contributed by atoms with Crippen molar-refractivity contribution in [1.82, 2.24) is 10.2 Å². The van der Waals surface area contributed by atoms with Gasteiger partial charge in [0, 0.05) is 29.0 Å². The standard InChI is InChI=1S/C33H49N3O4/c1-6-7-8-9-10-11-12-13-14-15-22-34-30(37)25-36(33(2,3)4)31(38)26-18-16-20-28(23-26)35-29-21-17-19-27(24-29)32(39)40-5/h16-21,23-24,35H,6-15,22,25H2,1-5H3,(H,34,37). The second-order valence-electron chi connectivity index (χ2n) is 11.4. The molecule has 220 valence electrons. The van der Waals surface area contributed by atoms with E-state index in [4.69, 9.17) is 4.74 Å². The lowest BCUT2D eigenvalue weighted by Crippen LogP contribution is -2.50. The Hall–Kier alpha value is -3.35. The van der Waals surface area contributed by atoms with Gasteiger partial charge in [0.25, 0.3) is 5.91 Å². The average molecular weight is 552 g/mol. The van der Waals surface area contributed by atoms with Gasteiger partial charge in [-0.2, -0.15) is 0 Å². The Kier molecular flexibility index (Phi) is 14.3. The molecule has 0 unspecified atom stereocenters. The number of rotatable bonds is 17. The number of hydrogen-bond acceptors (Lipinski definition) is 5. The zero-order valence-corrected chi connectivity index (χ0v) is 25.2. The molecule has 0 aromatic heterocycles. The Morgan fingerprint density at radius 2 is 1.30 bits per heavy atom. The molecular weight excluding hydrogens is 502 g/mol. The summed E-state index contributed by atoms with van der Waals surface area (Å²) in [5.41, 5.74) is 1.77. The van der Waals surface area contributed by atoms with E-state index in [9.17, 15) is 14.4 Å². The van der Waals surface area contributed by atoms with Gasteiger partial charge < -0.3 is 20.3 Å². The topological polar surface area (TPSA) is 87.7 Å². The number of ether oxygens (including phenoxy) is 1. The Morgan fingerprint density at radius 3 is 1.85 bits per heavy atom. The molecule has 2 aromatic rings. The van der Waals surface area contributed by atoms with Gasteiger partial charge in [0.2, 0.25) is 5.91 Å². The van der Waals surface area contributed by atoms with Crippen molar-refractivity contribution in [2.45, 2.75) is 97.4 Å². The minimum absolute atomic E-state index is 0.00107. The molecule has 2 rings (SSSR count). The molecule has 2 N–H and O–H groups in total. The van der Waals surface area contributed by atoms with Crippen LogP contribution in [-0.4, -0.2) is 48.4 Å². The first-order chi connectivity index (χ1) is 19.2. The van der Waals surface area contributed by atoms with Gasteiger partial charge in [0.15, 0.2) is 0 Å². The van der Waals surface area contributed by atoms with Gasteiger partial charge in [-0.15, -0.1) is 0 Å². The van der Waals surface area contributed by atoms with E-state index < -0.39 is 11.5 Å². The summed E-state index contributed by atoms with van der Waals surface area (Å²) in [4.78, 5) is 39.8. The van der Waals surface area contributed by atoms with Crippen molar-refractivity contribution < 1.29 is 19.1 Å². The molecule has 7 nitrogen and oxygen atoms in total. The number of hydrogen-bond donors (Lipinski definition) is 2. The van der Waals surface area contributed by atoms with E-state index in [1.807, 2.05) is 32.9 Å². The van der Waals surface area contributed by atoms with E-state index in [1.54, 1.807) is 41.3 Å². The van der Waals surface area contributed by atoms with Crippen LogP contribution >= 0.6 is 0 Å². The third kappa shape index (κ3) is 11.8. The number of esters is 1. The largest absolute Gasteiger partial charge is 0.465 e. The van der Waals surface area contributed by atoms with Crippen molar-refractivity contribution in [3.8, 4) is 0 Å². The number of anilines is 2. The Balaban J connectivity index is 1.88. The molecule has 0 saturated heterocycles. The molecule has 0 aliphatic heterocycles. The molecule has 0 fully saturated rings. The number of methoxy groups -OCH3 is 1. The molecule has 0 spiro atoms. The van der Waals surface area contributed by atoms with Crippen LogP contribution in [0.2, 0.25) is 0 Å². The van der Waals surface area contributed by atoms with Gasteiger partial charge in [-0.05, 0) is 63.6 Å². The highest BCUT2D eigenvalue weighted by molar-refractivity contribution is 5.98. The van der Waals surface area contributed by atoms with Crippen LogP contribution in [0.3, 0.4) is 0 Å². The molecule has 0 bridgehead atoms. The molecule has 0 aliphatic rings. The molecule has 2 amide bonds. The normalized spacial score (nSPS) is 11.1. The maximum Gasteiger partial charge on any atom is 0.337 e. The molecule has 0 heterocycles. The fourth-order valence-electron chi connectivity index (χ4n) is 4.55. The summed E-state index contributed by atoms with van der Waals surface area (Å²) >= 11 is 0. The maximum absolute atomic E-state index is 13.5. The Morgan fingerprint density at radius 1 is 0.775 bits per heavy atom. The first-order valence-electron chi connectivity index (χ1n) is 14.8. The summed E-state index contributed by atoms with van der Waals surface area (Å²) in [6.45, 7) is 8.67. The van der Waals surface area contributed by atoms with Crippen molar-refractivity contribution in [2.24, 2.45) is 0 Å². The zero-order chi connectivity index (χ0) is 29.4. The van der Waals surface area contributed by atoms with Crippen LogP contribution in [0.4, 0.5) is 11.4 Å². The van der Waals surface area contributed by atoms with Crippen LogP contribution in [0.25, 0.3) is 0 Å². The van der Waals surface area contributed by atoms with Crippen molar-refractivity contribution in [1.29, 1.82) is 0 Å². The van der Waals surface area contributed by atoms with Crippen LogP contribution in [-0.2, 0) is 9.53 Å². The van der Waals surface area contributed by atoms with Crippen molar-refractivity contribution in [3.63, 3.8) is 0 Å². The first-order valence-corrected chi connectivity index (χ1v) is 14.8. The number of nitrogens with one attached hydrogen (secondary N) is 2. The zero-order valence-electron chi connectivity index (χ0n) is 25.2. The minimum atomic E-state index is -0.538. The summed E-state index contributed by atoms with van der Waals surface area (Å²) in [5.74, 6) is -0.776. The summed E-state index contributed by atoms with van der Waals surface area (Å²) < 4.78 is 4.80. The molecule has 7 heteroatoms. The van der Waals surface area contributed by atoms with Gasteiger partial charge >= 0.3 is 5.97 Å². The smallest absolute Gasteiger partial charge is 0.337 e. The van der Waals surface area contributed by atoms with Crippen LogP contribution in [0.15, 0.2) is 48.5 Å². The first kappa shape index (κ1) is 32.9. The van der Waals surface area contributed by atoms with Gasteiger partial charge in [-0.1, -0.05) is 76.8 Å². The van der Waals surface area contributed by atoms with Crippen molar-refractivity contribution in [2.75, 3.05) is 25.5 Å². The molecule has 0 saturated carbocycles. The highest BCUT2D eigenvalue weighted by Crippen LogP contribution is 2.22. The predicted octanol–water partition coefficient (Wildman–Crippen LogP) is 7.49. The van der Waals surface area contributed by atoms with E-state index in [2.05, 4.69) is 17.6 Å². The Bertz CT molecular complexity index is 1080. The van der Waals surface area contributed by atoms with Crippen LogP contribution in [0.5, 0.6) is 0 Å². The average Bonchev–Trinajstić information content (AvgIpc) is 2.93. The van der Waals surface area contributed by atoms with Gasteiger partial charge in [0.05, 0.1) is 12.7 Å².